The molecule has 1 atom stereocenters. The Morgan fingerprint density at radius 2 is 1.73 bits per heavy atom. The van der Waals surface area contributed by atoms with Crippen molar-refractivity contribution < 1.29 is 23.9 Å². The second-order valence-corrected chi connectivity index (χ2v) is 7.12. The number of anilines is 1. The fourth-order valence-electron chi connectivity index (χ4n) is 2.77. The number of ether oxygens (including phenoxy) is 2. The van der Waals surface area contributed by atoms with Crippen LogP contribution in [0.25, 0.3) is 0 Å². The Labute approximate surface area is 175 Å². The van der Waals surface area contributed by atoms with Gasteiger partial charge in [0.15, 0.2) is 18.1 Å². The van der Waals surface area contributed by atoms with Crippen LogP contribution >= 0.6 is 0 Å². The predicted molar refractivity (Wildman–Crippen MR) is 113 cm³/mol. The number of nitrogens with two attached hydrogens (primary N) is 1. The summed E-state index contributed by atoms with van der Waals surface area (Å²) in [6, 6.07) is 12.9. The van der Waals surface area contributed by atoms with Gasteiger partial charge in [-0.1, -0.05) is 44.2 Å². The van der Waals surface area contributed by atoms with E-state index in [1.807, 2.05) is 19.9 Å². The van der Waals surface area contributed by atoms with Crippen molar-refractivity contribution in [2.45, 2.75) is 26.3 Å². The van der Waals surface area contributed by atoms with Crippen molar-refractivity contribution >= 4 is 23.4 Å². The normalized spacial score (nSPS) is 11.5. The fourth-order valence-corrected chi connectivity index (χ4v) is 2.77. The van der Waals surface area contributed by atoms with Crippen molar-refractivity contribution in [1.29, 1.82) is 0 Å². The number of rotatable bonds is 10. The van der Waals surface area contributed by atoms with Crippen LogP contribution in [0, 0.1) is 5.92 Å². The second kappa shape index (κ2) is 10.8. The molecule has 0 radical (unpaired) electrons. The molecule has 8 nitrogen and oxygen atoms in total. The SMILES string of the molecule is COc1ccc(NC(=O)C(NC(=O)CC(C)C)c2ccccc2)cc1OCC(N)=O. The summed E-state index contributed by atoms with van der Waals surface area (Å²) < 4.78 is 10.5. The third-order valence-electron chi connectivity index (χ3n) is 4.10. The van der Waals surface area contributed by atoms with Gasteiger partial charge in [0.1, 0.15) is 6.04 Å². The van der Waals surface area contributed by atoms with E-state index in [1.165, 1.54) is 13.2 Å². The van der Waals surface area contributed by atoms with Gasteiger partial charge in [0.2, 0.25) is 5.91 Å². The molecule has 160 valence electrons. The highest BCUT2D eigenvalue weighted by Crippen LogP contribution is 2.30. The first kappa shape index (κ1) is 22.7. The number of carbonyl (C=O) groups excluding carboxylic acids is 3. The van der Waals surface area contributed by atoms with Gasteiger partial charge in [-0.15, -0.1) is 0 Å². The maximum Gasteiger partial charge on any atom is 0.255 e. The number of methoxy groups -OCH3 is 1. The van der Waals surface area contributed by atoms with E-state index in [2.05, 4.69) is 10.6 Å². The molecule has 4 N–H and O–H groups in total. The van der Waals surface area contributed by atoms with E-state index < -0.39 is 17.9 Å². The highest BCUT2D eigenvalue weighted by molar-refractivity contribution is 5.98. The first-order valence-corrected chi connectivity index (χ1v) is 9.54. The lowest BCUT2D eigenvalue weighted by Crippen LogP contribution is -2.37. The van der Waals surface area contributed by atoms with Gasteiger partial charge in [0.05, 0.1) is 7.11 Å². The Morgan fingerprint density at radius 3 is 2.33 bits per heavy atom. The summed E-state index contributed by atoms with van der Waals surface area (Å²) in [6.07, 6.45) is 0.310. The monoisotopic (exact) mass is 413 g/mol. The minimum atomic E-state index is -0.866. The molecule has 3 amide bonds. The maximum atomic E-state index is 13.0. The highest BCUT2D eigenvalue weighted by atomic mass is 16.5. The van der Waals surface area contributed by atoms with E-state index in [-0.39, 0.29) is 24.2 Å². The number of carbonyl (C=O) groups is 3. The molecule has 30 heavy (non-hydrogen) atoms. The number of hydrogen-bond acceptors (Lipinski definition) is 5. The van der Waals surface area contributed by atoms with E-state index in [1.54, 1.807) is 36.4 Å². The van der Waals surface area contributed by atoms with Crippen LogP contribution in [-0.2, 0) is 14.4 Å². The number of primary amides is 1. The summed E-state index contributed by atoms with van der Waals surface area (Å²) in [7, 11) is 1.46. The average molecular weight is 413 g/mol. The first-order chi connectivity index (χ1) is 14.3. The number of hydrogen-bond donors (Lipinski definition) is 3. The van der Waals surface area contributed by atoms with Gasteiger partial charge >= 0.3 is 0 Å². The number of benzene rings is 2. The minimum Gasteiger partial charge on any atom is -0.493 e. The Kier molecular flexibility index (Phi) is 8.22. The van der Waals surface area contributed by atoms with E-state index in [4.69, 9.17) is 15.2 Å². The molecule has 0 aliphatic rings. The predicted octanol–water partition coefficient (Wildman–Crippen LogP) is 2.40. The third kappa shape index (κ3) is 6.80. The summed E-state index contributed by atoms with van der Waals surface area (Å²) in [4.78, 5) is 36.3. The van der Waals surface area contributed by atoms with Crippen molar-refractivity contribution in [3.8, 4) is 11.5 Å². The topological polar surface area (TPSA) is 120 Å². The Hall–Kier alpha value is -3.55. The van der Waals surface area contributed by atoms with Crippen molar-refractivity contribution in [3.63, 3.8) is 0 Å². The molecule has 0 fully saturated rings. The lowest BCUT2D eigenvalue weighted by molar-refractivity contribution is -0.127. The van der Waals surface area contributed by atoms with E-state index in [9.17, 15) is 14.4 Å². The summed E-state index contributed by atoms with van der Waals surface area (Å²) >= 11 is 0. The minimum absolute atomic E-state index is 0.163. The van der Waals surface area contributed by atoms with Crippen LogP contribution in [0.5, 0.6) is 11.5 Å². The summed E-state index contributed by atoms with van der Waals surface area (Å²) in [5.41, 5.74) is 6.19. The molecule has 2 aromatic rings. The molecule has 0 saturated heterocycles. The van der Waals surface area contributed by atoms with Crippen LogP contribution in [0.2, 0.25) is 0 Å². The van der Waals surface area contributed by atoms with E-state index in [0.29, 0.717) is 23.4 Å². The molecular weight excluding hydrogens is 386 g/mol. The smallest absolute Gasteiger partial charge is 0.255 e. The van der Waals surface area contributed by atoms with Crippen LogP contribution < -0.4 is 25.8 Å². The molecule has 2 rings (SSSR count). The molecule has 8 heteroatoms. The molecule has 0 aliphatic heterocycles. The number of amides is 3. The van der Waals surface area contributed by atoms with Gasteiger partial charge in [-0.2, -0.15) is 0 Å². The zero-order chi connectivity index (χ0) is 22.1. The molecule has 0 spiro atoms. The standard InChI is InChI=1S/C22H27N3O5/c1-14(2)11-20(27)25-21(15-7-5-4-6-8-15)22(28)24-16-9-10-17(29-3)18(12-16)30-13-19(23)26/h4-10,12,14,21H,11,13H2,1-3H3,(H2,23,26)(H,24,28)(H,25,27). The molecule has 2 aromatic carbocycles. The first-order valence-electron chi connectivity index (χ1n) is 9.54. The zero-order valence-electron chi connectivity index (χ0n) is 17.3. The van der Waals surface area contributed by atoms with Crippen LogP contribution in [0.15, 0.2) is 48.5 Å². The second-order valence-electron chi connectivity index (χ2n) is 7.12. The van der Waals surface area contributed by atoms with Gasteiger partial charge < -0.3 is 25.8 Å². The average Bonchev–Trinajstić information content (AvgIpc) is 2.70. The molecular formula is C22H27N3O5. The van der Waals surface area contributed by atoms with Crippen molar-refractivity contribution in [2.24, 2.45) is 11.7 Å². The summed E-state index contributed by atoms with van der Waals surface area (Å²) in [5.74, 6) is -0.452. The summed E-state index contributed by atoms with van der Waals surface area (Å²) in [5, 5.41) is 5.57. The lowest BCUT2D eigenvalue weighted by atomic mass is 10.0. The van der Waals surface area contributed by atoms with Gasteiger partial charge in [0, 0.05) is 18.2 Å². The Balaban J connectivity index is 2.22. The van der Waals surface area contributed by atoms with Gasteiger partial charge in [0.25, 0.3) is 11.8 Å². The maximum absolute atomic E-state index is 13.0. The Bertz CT molecular complexity index is 884. The zero-order valence-corrected chi connectivity index (χ0v) is 17.3. The van der Waals surface area contributed by atoms with Crippen molar-refractivity contribution in [3.05, 3.63) is 54.1 Å². The van der Waals surface area contributed by atoms with Gasteiger partial charge in [-0.05, 0) is 23.6 Å². The molecule has 1 unspecified atom stereocenters. The molecule has 0 saturated carbocycles. The fraction of sp³-hybridized carbons (Fsp3) is 0.318. The molecule has 0 aliphatic carbocycles. The van der Waals surface area contributed by atoms with Gasteiger partial charge in [-0.25, -0.2) is 0 Å². The lowest BCUT2D eigenvalue weighted by Gasteiger charge is -2.20. The largest absolute Gasteiger partial charge is 0.493 e. The number of nitrogens with one attached hydrogen (secondary N) is 2. The van der Waals surface area contributed by atoms with Crippen LogP contribution in [0.1, 0.15) is 31.9 Å². The van der Waals surface area contributed by atoms with Crippen molar-refractivity contribution in [2.75, 3.05) is 19.0 Å². The van der Waals surface area contributed by atoms with Crippen LogP contribution in [0.3, 0.4) is 0 Å². The van der Waals surface area contributed by atoms with E-state index in [0.717, 1.165) is 0 Å². The Morgan fingerprint density at radius 1 is 1.03 bits per heavy atom. The van der Waals surface area contributed by atoms with E-state index >= 15 is 0 Å². The molecule has 0 bridgehead atoms. The third-order valence-corrected chi connectivity index (χ3v) is 4.10. The molecule has 0 aromatic heterocycles. The molecule has 0 heterocycles. The summed E-state index contributed by atoms with van der Waals surface area (Å²) in [6.45, 7) is 3.54. The quantitative estimate of drug-likeness (QED) is 0.552. The highest BCUT2D eigenvalue weighted by Gasteiger charge is 2.23. The van der Waals surface area contributed by atoms with Crippen LogP contribution in [0.4, 0.5) is 5.69 Å². The van der Waals surface area contributed by atoms with Crippen molar-refractivity contribution in [1.82, 2.24) is 5.32 Å². The van der Waals surface area contributed by atoms with Crippen LogP contribution in [-0.4, -0.2) is 31.4 Å². The van der Waals surface area contributed by atoms with Gasteiger partial charge in [-0.3, -0.25) is 14.4 Å².